The molecule has 0 aliphatic carbocycles. The second-order valence-electron chi connectivity index (χ2n) is 8.83. The maximum absolute atomic E-state index is 13.2. The lowest BCUT2D eigenvalue weighted by atomic mass is 10.0. The van der Waals surface area contributed by atoms with Gasteiger partial charge in [-0.3, -0.25) is 9.59 Å². The first-order valence-corrected chi connectivity index (χ1v) is 12.6. The van der Waals surface area contributed by atoms with Gasteiger partial charge in [0, 0.05) is 34.2 Å². The minimum atomic E-state index is -1.08. The van der Waals surface area contributed by atoms with Crippen LogP contribution in [0.3, 0.4) is 0 Å². The van der Waals surface area contributed by atoms with Crippen LogP contribution in [0.1, 0.15) is 16.7 Å². The molecule has 2 amide bonds. The Labute approximate surface area is 236 Å². The molecule has 0 aliphatic heterocycles. The molecule has 4 aromatic rings. The van der Waals surface area contributed by atoms with E-state index in [0.717, 1.165) is 33.1 Å². The van der Waals surface area contributed by atoms with Gasteiger partial charge in [0.2, 0.25) is 5.91 Å². The molecule has 1 atom stereocenters. The van der Waals surface area contributed by atoms with E-state index in [0.29, 0.717) is 5.56 Å². The fourth-order valence-corrected chi connectivity index (χ4v) is 4.28. The number of aromatic nitrogens is 1. The second kappa shape index (κ2) is 11.7. The Morgan fingerprint density at radius 1 is 0.925 bits per heavy atom. The summed E-state index contributed by atoms with van der Waals surface area (Å²) >= 11 is 3.42. The molecule has 10 N–H and O–H groups in total. The number of nitrogens with one attached hydrogen (secondary N) is 3. The van der Waals surface area contributed by atoms with E-state index in [4.69, 9.17) is 5.73 Å². The highest BCUT2D eigenvalue weighted by atomic mass is 79.9. The fourth-order valence-electron chi connectivity index (χ4n) is 3.92. The van der Waals surface area contributed by atoms with Crippen molar-refractivity contribution in [2.24, 2.45) is 5.73 Å². The molecule has 0 saturated carbocycles. The SMILES string of the molecule is N/C(=C\c1cc(O)c(O)c(O)c1)C(=O)NC(Cc1c[nH]c2cc(Br)ccc12)C(=O)N/C=C/c1ccc(O)c(O)c1. The van der Waals surface area contributed by atoms with E-state index < -0.39 is 35.1 Å². The number of fused-ring (bicyclic) bond motifs is 1. The molecule has 206 valence electrons. The number of halogens is 1. The third-order valence-electron chi connectivity index (χ3n) is 5.95. The first kappa shape index (κ1) is 27.9. The summed E-state index contributed by atoms with van der Waals surface area (Å²) in [6, 6.07) is 10.9. The minimum absolute atomic E-state index is 0.0983. The Balaban J connectivity index is 1.56. The number of carbonyl (C=O) groups excluding carboxylic acids is 2. The number of phenolic OH excluding ortho intramolecular Hbond substituents is 5. The smallest absolute Gasteiger partial charge is 0.267 e. The second-order valence-corrected chi connectivity index (χ2v) is 9.75. The predicted molar refractivity (Wildman–Crippen MR) is 152 cm³/mol. The summed E-state index contributed by atoms with van der Waals surface area (Å²) in [6.45, 7) is 0. The van der Waals surface area contributed by atoms with Gasteiger partial charge in [0.15, 0.2) is 28.7 Å². The van der Waals surface area contributed by atoms with Crippen LogP contribution in [0, 0.1) is 0 Å². The lowest BCUT2D eigenvalue weighted by Crippen LogP contribution is -2.47. The maximum atomic E-state index is 13.2. The summed E-state index contributed by atoms with van der Waals surface area (Å²) in [6.07, 6.45) is 5.84. The Kier molecular flexibility index (Phi) is 8.20. The minimum Gasteiger partial charge on any atom is -0.504 e. The van der Waals surface area contributed by atoms with Crippen molar-refractivity contribution in [2.45, 2.75) is 12.5 Å². The van der Waals surface area contributed by atoms with Gasteiger partial charge in [0.1, 0.15) is 6.04 Å². The van der Waals surface area contributed by atoms with Crippen LogP contribution in [0.5, 0.6) is 28.7 Å². The molecule has 1 aromatic heterocycles. The van der Waals surface area contributed by atoms with Crippen LogP contribution in [-0.2, 0) is 16.0 Å². The number of aromatic hydroxyl groups is 5. The third kappa shape index (κ3) is 6.48. The van der Waals surface area contributed by atoms with Gasteiger partial charge in [0.05, 0.1) is 5.70 Å². The lowest BCUT2D eigenvalue weighted by molar-refractivity contribution is -0.126. The van der Waals surface area contributed by atoms with Gasteiger partial charge in [-0.2, -0.15) is 0 Å². The normalized spacial score (nSPS) is 12.5. The van der Waals surface area contributed by atoms with Crippen LogP contribution in [0.4, 0.5) is 0 Å². The van der Waals surface area contributed by atoms with Gasteiger partial charge in [0.25, 0.3) is 5.91 Å². The van der Waals surface area contributed by atoms with Gasteiger partial charge in [-0.05, 0) is 65.2 Å². The highest BCUT2D eigenvalue weighted by Gasteiger charge is 2.23. The zero-order valence-electron chi connectivity index (χ0n) is 20.7. The standard InChI is InChI=1S/C28H25BrN4O7/c29-17-2-3-18-16(13-32-20(18)12-17)11-21(28(40)31-6-5-14-1-4-22(34)23(35)8-14)33-27(39)19(30)7-15-9-24(36)26(38)25(37)10-15/h1-10,12-13,21,32,34-38H,11,30H2,(H,31,40)(H,33,39)/b6-5+,19-7-. The van der Waals surface area contributed by atoms with E-state index in [9.17, 15) is 35.1 Å². The Morgan fingerprint density at radius 3 is 2.33 bits per heavy atom. The molecule has 0 fully saturated rings. The van der Waals surface area contributed by atoms with Crippen LogP contribution < -0.4 is 16.4 Å². The summed E-state index contributed by atoms with van der Waals surface area (Å²) in [7, 11) is 0. The van der Waals surface area contributed by atoms with Crippen molar-refractivity contribution >= 4 is 50.8 Å². The van der Waals surface area contributed by atoms with Crippen molar-refractivity contribution in [3.05, 3.63) is 87.8 Å². The first-order valence-electron chi connectivity index (χ1n) is 11.8. The average Bonchev–Trinajstić information content (AvgIpc) is 3.30. The molecule has 40 heavy (non-hydrogen) atoms. The third-order valence-corrected chi connectivity index (χ3v) is 6.45. The number of carbonyl (C=O) groups is 2. The topological polar surface area (TPSA) is 201 Å². The van der Waals surface area contributed by atoms with Crippen LogP contribution in [0.15, 0.2) is 71.1 Å². The van der Waals surface area contributed by atoms with Gasteiger partial charge in [-0.25, -0.2) is 0 Å². The summed E-state index contributed by atoms with van der Waals surface area (Å²) in [5.74, 6) is -3.86. The van der Waals surface area contributed by atoms with Crippen molar-refractivity contribution in [2.75, 3.05) is 0 Å². The van der Waals surface area contributed by atoms with Crippen LogP contribution in [-0.4, -0.2) is 48.4 Å². The van der Waals surface area contributed by atoms with E-state index >= 15 is 0 Å². The van der Waals surface area contributed by atoms with Gasteiger partial charge < -0.3 is 46.9 Å². The molecule has 0 saturated heterocycles. The van der Waals surface area contributed by atoms with Crippen molar-refractivity contribution in [1.82, 2.24) is 15.6 Å². The number of amides is 2. The van der Waals surface area contributed by atoms with Crippen molar-refractivity contribution in [3.63, 3.8) is 0 Å². The maximum Gasteiger partial charge on any atom is 0.267 e. The molecule has 3 aromatic carbocycles. The number of hydrogen-bond acceptors (Lipinski definition) is 8. The van der Waals surface area contributed by atoms with Crippen LogP contribution >= 0.6 is 15.9 Å². The molecule has 12 heteroatoms. The monoisotopic (exact) mass is 608 g/mol. The molecular formula is C28H25BrN4O7. The van der Waals surface area contributed by atoms with Crippen molar-refractivity contribution in [1.29, 1.82) is 0 Å². The summed E-state index contributed by atoms with van der Waals surface area (Å²) in [4.78, 5) is 29.3. The highest BCUT2D eigenvalue weighted by Crippen LogP contribution is 2.35. The lowest BCUT2D eigenvalue weighted by Gasteiger charge is -2.17. The number of phenols is 5. The Morgan fingerprint density at radius 2 is 1.62 bits per heavy atom. The van der Waals surface area contributed by atoms with Gasteiger partial charge >= 0.3 is 0 Å². The quantitative estimate of drug-likeness (QED) is 0.107. The fraction of sp³-hybridized carbons (Fsp3) is 0.0714. The number of H-pyrrole nitrogens is 1. The Hall–Kier alpha value is -5.10. The molecule has 0 aliphatic rings. The van der Waals surface area contributed by atoms with E-state index in [1.807, 2.05) is 18.2 Å². The van der Waals surface area contributed by atoms with Crippen molar-refractivity contribution < 1.29 is 35.1 Å². The molecular weight excluding hydrogens is 584 g/mol. The molecule has 1 unspecified atom stereocenters. The number of hydrogen-bond donors (Lipinski definition) is 9. The summed E-state index contributed by atoms with van der Waals surface area (Å²) < 4.78 is 0.866. The molecule has 0 spiro atoms. The summed E-state index contributed by atoms with van der Waals surface area (Å²) in [5.41, 5.74) is 7.85. The zero-order chi connectivity index (χ0) is 29.0. The molecule has 11 nitrogen and oxygen atoms in total. The summed E-state index contributed by atoms with van der Waals surface area (Å²) in [5, 5.41) is 54.2. The van der Waals surface area contributed by atoms with E-state index in [-0.39, 0.29) is 29.2 Å². The van der Waals surface area contributed by atoms with E-state index in [1.165, 1.54) is 36.6 Å². The number of benzene rings is 3. The Bertz CT molecular complexity index is 1640. The highest BCUT2D eigenvalue weighted by molar-refractivity contribution is 9.10. The number of aromatic amines is 1. The van der Waals surface area contributed by atoms with Crippen molar-refractivity contribution in [3.8, 4) is 28.7 Å². The van der Waals surface area contributed by atoms with Crippen LogP contribution in [0.25, 0.3) is 23.1 Å². The van der Waals surface area contributed by atoms with Crippen LogP contribution in [0.2, 0.25) is 0 Å². The molecule has 0 radical (unpaired) electrons. The largest absolute Gasteiger partial charge is 0.504 e. The number of rotatable bonds is 8. The van der Waals surface area contributed by atoms with E-state index in [2.05, 4.69) is 31.5 Å². The van der Waals surface area contributed by atoms with E-state index in [1.54, 1.807) is 6.20 Å². The zero-order valence-corrected chi connectivity index (χ0v) is 22.3. The molecule has 4 rings (SSSR count). The van der Waals surface area contributed by atoms with Gasteiger partial charge in [-0.1, -0.05) is 28.1 Å². The average molecular weight is 609 g/mol. The molecule has 0 bridgehead atoms. The predicted octanol–water partition coefficient (Wildman–Crippen LogP) is 3.27. The molecule has 1 heterocycles. The van der Waals surface area contributed by atoms with Gasteiger partial charge in [-0.15, -0.1) is 0 Å². The number of nitrogens with two attached hydrogens (primary N) is 1. The first-order chi connectivity index (χ1) is 19.0.